The van der Waals surface area contributed by atoms with E-state index < -0.39 is 0 Å². The van der Waals surface area contributed by atoms with Crippen LogP contribution >= 0.6 is 11.6 Å². The van der Waals surface area contributed by atoms with Crippen molar-refractivity contribution in [1.82, 2.24) is 14.7 Å². The van der Waals surface area contributed by atoms with Crippen LogP contribution in [0, 0.1) is 0 Å². The number of halogens is 1. The number of aromatic nitrogens is 2. The fourth-order valence-electron chi connectivity index (χ4n) is 3.99. The molecule has 0 saturated heterocycles. The second kappa shape index (κ2) is 7.64. The monoisotopic (exact) mass is 309 g/mol. The second-order valence-electron chi connectivity index (χ2n) is 6.68. The predicted octanol–water partition coefficient (Wildman–Crippen LogP) is 4.37. The Morgan fingerprint density at radius 3 is 2.52 bits per heavy atom. The third kappa shape index (κ3) is 4.01. The van der Waals surface area contributed by atoms with Gasteiger partial charge >= 0.3 is 0 Å². The molecule has 0 amide bonds. The number of alkyl halides is 1. The lowest BCUT2D eigenvalue weighted by Gasteiger charge is -2.33. The number of rotatable bonds is 6. The van der Waals surface area contributed by atoms with Crippen molar-refractivity contribution >= 4 is 11.6 Å². The van der Waals surface area contributed by atoms with Gasteiger partial charge in [-0.15, -0.1) is 11.6 Å². The van der Waals surface area contributed by atoms with Crippen LogP contribution in [-0.2, 0) is 6.54 Å². The molecule has 2 aliphatic carbocycles. The van der Waals surface area contributed by atoms with Crippen LogP contribution in [0.1, 0.15) is 69.5 Å². The highest BCUT2D eigenvalue weighted by atomic mass is 35.5. The molecule has 1 aromatic rings. The fraction of sp³-hybridized carbons (Fsp3) is 0.824. The number of hydrogen-bond acceptors (Lipinski definition) is 2. The van der Waals surface area contributed by atoms with Gasteiger partial charge in [-0.25, -0.2) is 0 Å². The van der Waals surface area contributed by atoms with Gasteiger partial charge in [0, 0.05) is 31.2 Å². The quantitative estimate of drug-likeness (QED) is 0.727. The smallest absolute Gasteiger partial charge is 0.0765 e. The third-order valence-electron chi connectivity index (χ3n) is 5.19. The summed E-state index contributed by atoms with van der Waals surface area (Å²) in [4.78, 5) is 2.56. The van der Waals surface area contributed by atoms with Gasteiger partial charge in [0.05, 0.1) is 11.7 Å². The SMILES string of the molecule is ClCCN(Cc1ccn(C2CCCC2)n1)C1CCCCC1. The van der Waals surface area contributed by atoms with Crippen LogP contribution in [0.2, 0.25) is 0 Å². The summed E-state index contributed by atoms with van der Waals surface area (Å²) in [5.41, 5.74) is 1.22. The molecule has 3 nitrogen and oxygen atoms in total. The van der Waals surface area contributed by atoms with Gasteiger partial charge in [0.15, 0.2) is 0 Å². The molecule has 0 aromatic carbocycles. The highest BCUT2D eigenvalue weighted by Crippen LogP contribution is 2.29. The van der Waals surface area contributed by atoms with E-state index in [4.69, 9.17) is 16.7 Å². The minimum atomic E-state index is 0.648. The standard InChI is InChI=1S/C17H28ClN3/c18-11-13-20(16-6-2-1-3-7-16)14-15-10-12-21(19-15)17-8-4-5-9-17/h10,12,16-17H,1-9,11,13-14H2. The van der Waals surface area contributed by atoms with Crippen molar-refractivity contribution in [2.75, 3.05) is 12.4 Å². The Morgan fingerprint density at radius 1 is 1.10 bits per heavy atom. The fourth-order valence-corrected chi connectivity index (χ4v) is 4.20. The predicted molar refractivity (Wildman–Crippen MR) is 87.7 cm³/mol. The van der Waals surface area contributed by atoms with Crippen molar-refractivity contribution in [1.29, 1.82) is 0 Å². The minimum Gasteiger partial charge on any atom is -0.293 e. The Labute approximate surface area is 133 Å². The van der Waals surface area contributed by atoms with Crippen LogP contribution in [0.3, 0.4) is 0 Å². The minimum absolute atomic E-state index is 0.648. The van der Waals surface area contributed by atoms with E-state index in [9.17, 15) is 0 Å². The molecule has 3 rings (SSSR count). The summed E-state index contributed by atoms with van der Waals surface area (Å²) in [6.45, 7) is 1.96. The van der Waals surface area contributed by atoms with Gasteiger partial charge in [-0.3, -0.25) is 9.58 Å². The molecule has 2 saturated carbocycles. The zero-order chi connectivity index (χ0) is 14.5. The maximum Gasteiger partial charge on any atom is 0.0765 e. The lowest BCUT2D eigenvalue weighted by molar-refractivity contribution is 0.155. The van der Waals surface area contributed by atoms with Crippen molar-refractivity contribution in [3.05, 3.63) is 18.0 Å². The van der Waals surface area contributed by atoms with Gasteiger partial charge < -0.3 is 0 Å². The van der Waals surface area contributed by atoms with E-state index in [1.807, 2.05) is 0 Å². The van der Waals surface area contributed by atoms with Crippen molar-refractivity contribution in [2.45, 2.75) is 76.4 Å². The van der Waals surface area contributed by atoms with Crippen LogP contribution in [0.15, 0.2) is 12.3 Å². The highest BCUT2D eigenvalue weighted by molar-refractivity contribution is 6.18. The van der Waals surface area contributed by atoms with Crippen molar-refractivity contribution in [3.8, 4) is 0 Å². The van der Waals surface area contributed by atoms with E-state index in [1.165, 1.54) is 63.5 Å². The number of nitrogens with zero attached hydrogens (tertiary/aromatic N) is 3. The summed E-state index contributed by atoms with van der Waals surface area (Å²) < 4.78 is 2.21. The van der Waals surface area contributed by atoms with E-state index in [0.29, 0.717) is 12.1 Å². The highest BCUT2D eigenvalue weighted by Gasteiger charge is 2.22. The van der Waals surface area contributed by atoms with E-state index in [2.05, 4.69) is 21.8 Å². The maximum atomic E-state index is 6.02. The van der Waals surface area contributed by atoms with Crippen LogP contribution < -0.4 is 0 Å². The van der Waals surface area contributed by atoms with Crippen molar-refractivity contribution in [3.63, 3.8) is 0 Å². The van der Waals surface area contributed by atoms with E-state index in [-0.39, 0.29) is 0 Å². The molecule has 1 heterocycles. The molecule has 0 aliphatic heterocycles. The summed E-state index contributed by atoms with van der Waals surface area (Å²) in [6, 6.07) is 3.58. The average Bonchev–Trinajstić information content (AvgIpc) is 3.19. The molecule has 0 N–H and O–H groups in total. The molecular weight excluding hydrogens is 282 g/mol. The van der Waals surface area contributed by atoms with Gasteiger partial charge in [-0.2, -0.15) is 5.10 Å². The van der Waals surface area contributed by atoms with Gasteiger partial charge in [0.25, 0.3) is 0 Å². The normalized spacial score (nSPS) is 21.4. The van der Waals surface area contributed by atoms with Gasteiger partial charge in [0.1, 0.15) is 0 Å². The molecule has 0 unspecified atom stereocenters. The summed E-state index contributed by atoms with van der Waals surface area (Å²) >= 11 is 6.02. The van der Waals surface area contributed by atoms with E-state index in [1.54, 1.807) is 0 Å². The third-order valence-corrected chi connectivity index (χ3v) is 5.36. The Morgan fingerprint density at radius 2 is 1.81 bits per heavy atom. The maximum absolute atomic E-state index is 6.02. The average molecular weight is 310 g/mol. The van der Waals surface area contributed by atoms with Gasteiger partial charge in [-0.05, 0) is 31.7 Å². The van der Waals surface area contributed by atoms with E-state index >= 15 is 0 Å². The first kappa shape index (κ1) is 15.4. The lowest BCUT2D eigenvalue weighted by Crippen LogP contribution is -2.37. The lowest BCUT2D eigenvalue weighted by atomic mass is 9.94. The summed E-state index contributed by atoms with van der Waals surface area (Å²) in [5.74, 6) is 0.722. The Bertz CT molecular complexity index is 419. The molecule has 0 bridgehead atoms. The van der Waals surface area contributed by atoms with Crippen molar-refractivity contribution < 1.29 is 0 Å². The molecule has 118 valence electrons. The molecule has 2 aliphatic rings. The summed E-state index contributed by atoms with van der Waals surface area (Å²) in [5, 5.41) is 4.84. The zero-order valence-electron chi connectivity index (χ0n) is 13.0. The summed E-state index contributed by atoms with van der Waals surface area (Å²) in [6.07, 6.45) is 14.3. The molecule has 1 aromatic heterocycles. The molecule has 2 fully saturated rings. The Kier molecular flexibility index (Phi) is 5.59. The van der Waals surface area contributed by atoms with Gasteiger partial charge in [-0.1, -0.05) is 32.1 Å². The van der Waals surface area contributed by atoms with Gasteiger partial charge in [0.2, 0.25) is 0 Å². The molecule has 0 spiro atoms. The Balaban J connectivity index is 1.61. The molecule has 4 heteroatoms. The number of hydrogen-bond donors (Lipinski definition) is 0. The molecule has 0 radical (unpaired) electrons. The molecule has 21 heavy (non-hydrogen) atoms. The van der Waals surface area contributed by atoms with Crippen LogP contribution in [0.5, 0.6) is 0 Å². The van der Waals surface area contributed by atoms with Crippen LogP contribution in [0.4, 0.5) is 0 Å². The van der Waals surface area contributed by atoms with E-state index in [0.717, 1.165) is 19.0 Å². The summed E-state index contributed by atoms with van der Waals surface area (Å²) in [7, 11) is 0. The van der Waals surface area contributed by atoms with Crippen LogP contribution in [-0.4, -0.2) is 33.1 Å². The van der Waals surface area contributed by atoms with Crippen molar-refractivity contribution in [2.24, 2.45) is 0 Å². The molecule has 0 atom stereocenters. The Hall–Kier alpha value is -0.540. The van der Waals surface area contributed by atoms with Crippen LogP contribution in [0.25, 0.3) is 0 Å². The first-order chi connectivity index (χ1) is 10.4. The second-order valence-corrected chi connectivity index (χ2v) is 7.05. The molecular formula is C17H28ClN3. The topological polar surface area (TPSA) is 21.1 Å². The first-order valence-corrected chi connectivity index (χ1v) is 9.24. The zero-order valence-corrected chi connectivity index (χ0v) is 13.8. The largest absolute Gasteiger partial charge is 0.293 e. The first-order valence-electron chi connectivity index (χ1n) is 8.71.